The van der Waals surface area contributed by atoms with Crippen molar-refractivity contribution in [1.29, 1.82) is 0 Å². The van der Waals surface area contributed by atoms with E-state index in [1.54, 1.807) is 27.7 Å². The number of rotatable bonds is 2. The molecule has 0 bridgehead atoms. The van der Waals surface area contributed by atoms with Crippen molar-refractivity contribution >= 4 is 17.8 Å². The number of Topliss-reactive ketones (excluding diaryl/α,β-unsaturated/α-hetero) is 1. The summed E-state index contributed by atoms with van der Waals surface area (Å²) in [6.07, 6.45) is -2.56. The molecule has 7 heteroatoms. The average molecular weight is 303 g/mol. The van der Waals surface area contributed by atoms with Crippen molar-refractivity contribution in [3.05, 3.63) is 0 Å². The van der Waals surface area contributed by atoms with E-state index in [4.69, 9.17) is 9.47 Å². The number of hydrogen-bond acceptors (Lipinski definition) is 5. The van der Waals surface area contributed by atoms with Gasteiger partial charge < -0.3 is 14.4 Å². The number of halogens is 1. The van der Waals surface area contributed by atoms with Gasteiger partial charge in [0.15, 0.2) is 12.0 Å². The predicted octanol–water partition coefficient (Wildman–Crippen LogP) is 1.71. The molecule has 1 rings (SSSR count). The van der Waals surface area contributed by atoms with Crippen LogP contribution in [0.3, 0.4) is 0 Å². The fraction of sp³-hybridized carbons (Fsp3) is 0.786. The van der Waals surface area contributed by atoms with Crippen molar-refractivity contribution in [2.75, 3.05) is 19.7 Å². The summed E-state index contributed by atoms with van der Waals surface area (Å²) in [6.45, 7) is 6.50. The minimum absolute atomic E-state index is 0.0390. The van der Waals surface area contributed by atoms with Crippen molar-refractivity contribution in [3.8, 4) is 0 Å². The lowest BCUT2D eigenvalue weighted by Crippen LogP contribution is -2.40. The number of alkyl halides is 1. The summed E-state index contributed by atoms with van der Waals surface area (Å²) in [7, 11) is 0. The molecule has 0 spiro atoms. The zero-order valence-electron chi connectivity index (χ0n) is 12.8. The Balaban J connectivity index is 2.77. The third-order valence-corrected chi connectivity index (χ3v) is 2.94. The van der Waals surface area contributed by atoms with Gasteiger partial charge in [-0.3, -0.25) is 9.59 Å². The van der Waals surface area contributed by atoms with Crippen LogP contribution in [0.15, 0.2) is 0 Å². The van der Waals surface area contributed by atoms with Crippen LogP contribution in [0.4, 0.5) is 9.18 Å². The fourth-order valence-corrected chi connectivity index (χ4v) is 1.99. The number of carbonyl (C=O) groups is 3. The molecule has 1 aliphatic rings. The molecule has 0 aliphatic carbocycles. The topological polar surface area (TPSA) is 72.9 Å². The van der Waals surface area contributed by atoms with Crippen LogP contribution in [0.5, 0.6) is 0 Å². The molecule has 0 aromatic heterocycles. The molecule has 1 aliphatic heterocycles. The van der Waals surface area contributed by atoms with E-state index in [2.05, 4.69) is 0 Å². The quantitative estimate of drug-likeness (QED) is 0.573. The van der Waals surface area contributed by atoms with Gasteiger partial charge in [0.05, 0.1) is 13.2 Å². The molecule has 0 aromatic rings. The SMILES string of the molecule is CCOC(=O)C1CCN(C(=O)OC(C)(C)C)CC(F)C1=O. The Hall–Kier alpha value is -1.66. The fourth-order valence-electron chi connectivity index (χ4n) is 1.99. The summed E-state index contributed by atoms with van der Waals surface area (Å²) in [5.41, 5.74) is -0.709. The molecule has 1 fully saturated rings. The highest BCUT2D eigenvalue weighted by molar-refractivity contribution is 6.01. The highest BCUT2D eigenvalue weighted by Gasteiger charge is 2.39. The molecule has 0 N–H and O–H groups in total. The van der Waals surface area contributed by atoms with Gasteiger partial charge in [-0.15, -0.1) is 0 Å². The van der Waals surface area contributed by atoms with Crippen LogP contribution in [0, 0.1) is 5.92 Å². The summed E-state index contributed by atoms with van der Waals surface area (Å²) >= 11 is 0. The molecule has 1 heterocycles. The Morgan fingerprint density at radius 2 is 2.00 bits per heavy atom. The molecular formula is C14H22FNO5. The highest BCUT2D eigenvalue weighted by atomic mass is 19.1. The van der Waals surface area contributed by atoms with E-state index in [1.165, 1.54) is 0 Å². The number of esters is 1. The van der Waals surface area contributed by atoms with Crippen molar-refractivity contribution in [2.24, 2.45) is 5.92 Å². The Morgan fingerprint density at radius 3 is 2.52 bits per heavy atom. The minimum atomic E-state index is -1.91. The first-order valence-corrected chi connectivity index (χ1v) is 6.98. The number of nitrogens with zero attached hydrogens (tertiary/aromatic N) is 1. The van der Waals surface area contributed by atoms with Gasteiger partial charge in [-0.25, -0.2) is 9.18 Å². The molecule has 0 radical (unpaired) electrons. The monoisotopic (exact) mass is 303 g/mol. The number of hydrogen-bond donors (Lipinski definition) is 0. The Kier molecular flexibility index (Phi) is 5.69. The van der Waals surface area contributed by atoms with Crippen LogP contribution in [-0.4, -0.2) is 54.2 Å². The lowest BCUT2D eigenvalue weighted by atomic mass is 9.98. The third-order valence-electron chi connectivity index (χ3n) is 2.94. The highest BCUT2D eigenvalue weighted by Crippen LogP contribution is 2.20. The zero-order chi connectivity index (χ0) is 16.2. The first-order valence-electron chi connectivity index (χ1n) is 6.98. The van der Waals surface area contributed by atoms with Crippen molar-refractivity contribution in [1.82, 2.24) is 4.90 Å². The number of carbonyl (C=O) groups excluding carboxylic acids is 3. The van der Waals surface area contributed by atoms with Crippen molar-refractivity contribution < 1.29 is 28.2 Å². The predicted molar refractivity (Wildman–Crippen MR) is 72.5 cm³/mol. The molecular weight excluding hydrogens is 281 g/mol. The maximum Gasteiger partial charge on any atom is 0.410 e. The molecule has 2 unspecified atom stereocenters. The maximum atomic E-state index is 13.9. The Morgan fingerprint density at radius 1 is 1.38 bits per heavy atom. The van der Waals surface area contributed by atoms with Gasteiger partial charge in [0.25, 0.3) is 0 Å². The van der Waals surface area contributed by atoms with Gasteiger partial charge in [-0.2, -0.15) is 0 Å². The van der Waals surface area contributed by atoms with E-state index in [-0.39, 0.29) is 19.6 Å². The molecule has 0 saturated carbocycles. The molecule has 1 amide bonds. The van der Waals surface area contributed by atoms with Gasteiger partial charge in [-0.1, -0.05) is 0 Å². The first-order chi connectivity index (χ1) is 9.65. The van der Waals surface area contributed by atoms with Crippen molar-refractivity contribution in [3.63, 3.8) is 0 Å². The van der Waals surface area contributed by atoms with Gasteiger partial charge in [0.1, 0.15) is 11.5 Å². The smallest absolute Gasteiger partial charge is 0.410 e. The number of ketones is 1. The van der Waals surface area contributed by atoms with Gasteiger partial charge >= 0.3 is 12.1 Å². The Labute approximate surface area is 123 Å². The summed E-state index contributed by atoms with van der Waals surface area (Å²) in [5, 5.41) is 0. The van der Waals surface area contributed by atoms with E-state index in [0.29, 0.717) is 0 Å². The summed E-state index contributed by atoms with van der Waals surface area (Å²) in [6, 6.07) is 0. The largest absolute Gasteiger partial charge is 0.465 e. The van der Waals surface area contributed by atoms with Crippen LogP contribution in [0.25, 0.3) is 0 Å². The van der Waals surface area contributed by atoms with Gasteiger partial charge in [0.2, 0.25) is 0 Å². The second-order valence-electron chi connectivity index (χ2n) is 5.89. The number of likely N-dealkylation sites (tertiary alicyclic amines) is 1. The molecule has 21 heavy (non-hydrogen) atoms. The second-order valence-corrected chi connectivity index (χ2v) is 5.89. The summed E-state index contributed by atoms with van der Waals surface area (Å²) in [4.78, 5) is 36.6. The molecule has 6 nitrogen and oxygen atoms in total. The third kappa shape index (κ3) is 4.99. The lowest BCUT2D eigenvalue weighted by Gasteiger charge is -2.26. The second kappa shape index (κ2) is 6.87. The standard InChI is InChI=1S/C14H22FNO5/c1-5-20-12(18)9-6-7-16(8-10(15)11(9)17)13(19)21-14(2,3)4/h9-10H,5-8H2,1-4H3. The molecule has 120 valence electrons. The van der Waals surface area contributed by atoms with Crippen LogP contribution in [0.2, 0.25) is 0 Å². The molecule has 2 atom stereocenters. The normalized spacial score (nSPS) is 23.5. The summed E-state index contributed by atoms with van der Waals surface area (Å²) in [5.74, 6) is -2.73. The van der Waals surface area contributed by atoms with Gasteiger partial charge in [0, 0.05) is 6.54 Å². The van der Waals surface area contributed by atoms with Crippen LogP contribution < -0.4 is 0 Å². The Bertz CT molecular complexity index is 418. The molecule has 1 saturated heterocycles. The van der Waals surface area contributed by atoms with Crippen LogP contribution in [-0.2, 0) is 19.1 Å². The maximum absolute atomic E-state index is 13.9. The lowest BCUT2D eigenvalue weighted by molar-refractivity contribution is -0.152. The summed E-state index contributed by atoms with van der Waals surface area (Å²) < 4.78 is 23.8. The van der Waals surface area contributed by atoms with E-state index < -0.39 is 42.1 Å². The first kappa shape index (κ1) is 17.4. The zero-order valence-corrected chi connectivity index (χ0v) is 12.8. The van der Waals surface area contributed by atoms with E-state index in [9.17, 15) is 18.8 Å². The van der Waals surface area contributed by atoms with Crippen LogP contribution in [0.1, 0.15) is 34.1 Å². The van der Waals surface area contributed by atoms with E-state index in [1.807, 2.05) is 0 Å². The van der Waals surface area contributed by atoms with E-state index in [0.717, 1.165) is 4.90 Å². The van der Waals surface area contributed by atoms with Gasteiger partial charge in [-0.05, 0) is 34.1 Å². The number of ether oxygens (including phenoxy) is 2. The van der Waals surface area contributed by atoms with Crippen LogP contribution >= 0.6 is 0 Å². The van der Waals surface area contributed by atoms with Crippen molar-refractivity contribution in [2.45, 2.75) is 45.9 Å². The average Bonchev–Trinajstić information content (AvgIpc) is 2.48. The molecule has 0 aromatic carbocycles. The van der Waals surface area contributed by atoms with E-state index >= 15 is 0 Å². The number of amides is 1. The minimum Gasteiger partial charge on any atom is -0.465 e.